The monoisotopic (exact) mass is 557 g/mol. The fraction of sp³-hybridized carbons (Fsp3) is 0.320. The Morgan fingerprint density at radius 1 is 1.05 bits per heavy atom. The molecule has 0 bridgehead atoms. The lowest BCUT2D eigenvalue weighted by Gasteiger charge is -2.35. The Bertz CT molecular complexity index is 1340. The molecule has 0 atom stereocenters. The first-order valence-electron chi connectivity index (χ1n) is 12.2. The van der Waals surface area contributed by atoms with Crippen molar-refractivity contribution < 1.29 is 10.0 Å². The summed E-state index contributed by atoms with van der Waals surface area (Å²) in [5, 5.41) is 27.0. The number of piperazine rings is 1. The van der Waals surface area contributed by atoms with Gasteiger partial charge in [0.1, 0.15) is 11.6 Å². The third kappa shape index (κ3) is 5.87. The van der Waals surface area contributed by atoms with Gasteiger partial charge in [-0.15, -0.1) is 0 Å². The van der Waals surface area contributed by atoms with E-state index in [1.807, 2.05) is 18.2 Å². The molecule has 1 aromatic carbocycles. The van der Waals surface area contributed by atoms with E-state index in [1.165, 1.54) is 6.07 Å². The third-order valence-corrected chi connectivity index (χ3v) is 7.06. The average molecular weight is 558 g/mol. The number of nitrogens with two attached hydrogens (primary N) is 1. The third-order valence-electron chi connectivity index (χ3n) is 6.51. The number of nitrogens with zero attached hydrogens (tertiary/aromatic N) is 5. The van der Waals surface area contributed by atoms with Gasteiger partial charge in [-0.1, -0.05) is 23.2 Å². The zero-order valence-corrected chi connectivity index (χ0v) is 21.9. The van der Waals surface area contributed by atoms with E-state index in [1.54, 1.807) is 23.1 Å². The van der Waals surface area contributed by atoms with Crippen LogP contribution in [0.15, 0.2) is 42.5 Å². The fourth-order valence-corrected chi connectivity index (χ4v) is 4.95. The van der Waals surface area contributed by atoms with Crippen LogP contribution in [0.2, 0.25) is 10.0 Å². The summed E-state index contributed by atoms with van der Waals surface area (Å²) in [7, 11) is 0. The summed E-state index contributed by atoms with van der Waals surface area (Å²) in [6, 6.07) is 12.4. The quantitative estimate of drug-likeness (QED) is 0.224. The van der Waals surface area contributed by atoms with Crippen LogP contribution >= 0.6 is 23.2 Å². The topological polar surface area (TPSA) is 146 Å². The number of nitrogen functional groups attached to an aromatic ring is 1. The van der Waals surface area contributed by atoms with Crippen molar-refractivity contribution in [3.05, 3.63) is 57.7 Å². The predicted octanol–water partition coefficient (Wildman–Crippen LogP) is 4.06. The van der Waals surface area contributed by atoms with Crippen molar-refractivity contribution in [1.29, 1.82) is 0 Å². The molecule has 11 nitrogen and oxygen atoms in total. The summed E-state index contributed by atoms with van der Waals surface area (Å²) in [5.41, 5.74) is 7.54. The molecule has 38 heavy (non-hydrogen) atoms. The molecule has 1 aliphatic carbocycles. The molecule has 1 saturated heterocycles. The molecule has 0 spiro atoms. The maximum Gasteiger partial charge on any atom is 0.241 e. The molecule has 3 aromatic rings. The molecule has 0 unspecified atom stereocenters. The zero-order chi connectivity index (χ0) is 26.8. The summed E-state index contributed by atoms with van der Waals surface area (Å²) in [4.78, 5) is 26.0. The molecule has 3 heterocycles. The smallest absolute Gasteiger partial charge is 0.241 e. The lowest BCUT2D eigenvalue weighted by Crippen LogP contribution is -2.51. The highest BCUT2D eigenvalue weighted by atomic mass is 35.5. The van der Waals surface area contributed by atoms with Crippen LogP contribution in [0.25, 0.3) is 11.3 Å². The summed E-state index contributed by atoms with van der Waals surface area (Å²) in [6.07, 6.45) is 2.32. The van der Waals surface area contributed by atoms with E-state index in [2.05, 4.69) is 20.5 Å². The number of pyridine rings is 2. The molecule has 1 amide bonds. The van der Waals surface area contributed by atoms with Gasteiger partial charge in [0.15, 0.2) is 5.82 Å². The Kier molecular flexibility index (Phi) is 7.73. The predicted molar refractivity (Wildman–Crippen MR) is 150 cm³/mol. The largest absolute Gasteiger partial charge is 0.733 e. The van der Waals surface area contributed by atoms with Crippen molar-refractivity contribution in [1.82, 2.24) is 14.9 Å². The van der Waals surface area contributed by atoms with Gasteiger partial charge < -0.3 is 31.7 Å². The first-order chi connectivity index (χ1) is 18.3. The molecule has 2 aromatic heterocycles. The van der Waals surface area contributed by atoms with Crippen molar-refractivity contribution in [2.75, 3.05) is 59.2 Å². The average Bonchev–Trinajstić information content (AvgIpc) is 3.72. The minimum absolute atomic E-state index is 0.0419. The highest BCUT2D eigenvalue weighted by Gasteiger charge is 2.35. The number of benzene rings is 1. The molecule has 13 heteroatoms. The van der Waals surface area contributed by atoms with Crippen LogP contribution in [0.5, 0.6) is 0 Å². The summed E-state index contributed by atoms with van der Waals surface area (Å²) in [5.74, 6) is 1.01. The standard InChI is InChI=1S/C25H27Cl2N8O3/c26-15-1-4-17(18(27)13-15)24-19(34-12-11-33(14-23(34)36)16-2-3-16)5-7-21(31-24)29-9-10-30-22-8-6-20(35(37)38)25(28)32-22/h1,4-8,13,16,37H,2-3,9-12,14H2,(H,29,31)(H3,28,30,32)/q-1. The van der Waals surface area contributed by atoms with Crippen molar-refractivity contribution in [3.63, 3.8) is 0 Å². The van der Waals surface area contributed by atoms with Gasteiger partial charge in [-0.05, 0) is 55.3 Å². The van der Waals surface area contributed by atoms with Gasteiger partial charge in [0.05, 0.1) is 28.6 Å². The Labute approximate surface area is 229 Å². The van der Waals surface area contributed by atoms with E-state index in [0.717, 1.165) is 19.4 Å². The van der Waals surface area contributed by atoms with E-state index in [9.17, 15) is 10.0 Å². The van der Waals surface area contributed by atoms with Gasteiger partial charge in [0.25, 0.3) is 0 Å². The van der Waals surface area contributed by atoms with Crippen LogP contribution in [-0.4, -0.2) is 64.7 Å². The number of hydrogen-bond acceptors (Lipinski definition) is 10. The van der Waals surface area contributed by atoms with Gasteiger partial charge in [-0.25, -0.2) is 9.97 Å². The van der Waals surface area contributed by atoms with Crippen LogP contribution in [0, 0.1) is 5.21 Å². The summed E-state index contributed by atoms with van der Waals surface area (Å²) >= 11 is 12.7. The molecule has 2 aliphatic rings. The molecule has 0 radical (unpaired) electrons. The van der Waals surface area contributed by atoms with E-state index in [4.69, 9.17) is 39.1 Å². The van der Waals surface area contributed by atoms with Gasteiger partial charge in [0.2, 0.25) is 5.91 Å². The second kappa shape index (κ2) is 11.2. The second-order valence-corrected chi connectivity index (χ2v) is 10.0. The van der Waals surface area contributed by atoms with Crippen molar-refractivity contribution >= 4 is 57.9 Å². The van der Waals surface area contributed by atoms with Gasteiger partial charge in [-0.2, -0.15) is 0 Å². The molecular weight excluding hydrogens is 531 g/mol. The molecule has 1 saturated carbocycles. The first kappa shape index (κ1) is 26.3. The van der Waals surface area contributed by atoms with Gasteiger partial charge in [0, 0.05) is 42.8 Å². The normalized spacial score (nSPS) is 16.0. The molecule has 2 fully saturated rings. The molecule has 5 rings (SSSR count). The van der Waals surface area contributed by atoms with Crippen LogP contribution in [0.4, 0.5) is 28.8 Å². The number of anilines is 5. The number of amides is 1. The van der Waals surface area contributed by atoms with Crippen molar-refractivity contribution in [2.45, 2.75) is 18.9 Å². The number of halogens is 2. The Morgan fingerprint density at radius 3 is 2.39 bits per heavy atom. The number of carbonyl (C=O) groups excluding carboxylic acids is 1. The fourth-order valence-electron chi connectivity index (χ4n) is 4.45. The minimum Gasteiger partial charge on any atom is -0.733 e. The van der Waals surface area contributed by atoms with E-state index < -0.39 is 0 Å². The SMILES string of the molecule is Nc1nc(NCCNc2ccc(N3CCN(C4CC4)CC3=O)c(-c3ccc(Cl)cc3Cl)n2)ccc1N([O-])O. The minimum atomic E-state index is -0.325. The van der Waals surface area contributed by atoms with Crippen molar-refractivity contribution in [2.24, 2.45) is 0 Å². The van der Waals surface area contributed by atoms with Crippen LogP contribution in [0.3, 0.4) is 0 Å². The Hall–Kier alpha value is -3.35. The lowest BCUT2D eigenvalue weighted by molar-refractivity contribution is -0.121. The highest BCUT2D eigenvalue weighted by molar-refractivity contribution is 6.36. The van der Waals surface area contributed by atoms with E-state index >= 15 is 0 Å². The summed E-state index contributed by atoms with van der Waals surface area (Å²) in [6.45, 7) is 2.75. The number of carbonyl (C=O) groups is 1. The Morgan fingerprint density at radius 2 is 1.76 bits per heavy atom. The van der Waals surface area contributed by atoms with Crippen LogP contribution in [0.1, 0.15) is 12.8 Å². The second-order valence-electron chi connectivity index (χ2n) is 9.16. The van der Waals surface area contributed by atoms with Crippen molar-refractivity contribution in [3.8, 4) is 11.3 Å². The number of rotatable bonds is 9. The Balaban J connectivity index is 1.31. The van der Waals surface area contributed by atoms with E-state index in [-0.39, 0.29) is 22.6 Å². The molecular formula is C25H27Cl2N8O3-. The maximum atomic E-state index is 13.1. The molecule has 1 aliphatic heterocycles. The molecule has 5 N–H and O–H groups in total. The van der Waals surface area contributed by atoms with Crippen LogP contribution in [-0.2, 0) is 4.79 Å². The summed E-state index contributed by atoms with van der Waals surface area (Å²) < 4.78 is 0. The molecule has 200 valence electrons. The van der Waals surface area contributed by atoms with Gasteiger partial charge in [-0.3, -0.25) is 14.9 Å². The first-order valence-corrected chi connectivity index (χ1v) is 13.0. The maximum absolute atomic E-state index is 13.1. The van der Waals surface area contributed by atoms with Crippen LogP contribution < -0.4 is 26.5 Å². The highest BCUT2D eigenvalue weighted by Crippen LogP contribution is 2.37. The number of hydrogen-bond donors (Lipinski definition) is 4. The van der Waals surface area contributed by atoms with Gasteiger partial charge >= 0.3 is 0 Å². The van der Waals surface area contributed by atoms with E-state index in [0.29, 0.717) is 70.8 Å². The zero-order valence-electron chi connectivity index (χ0n) is 20.4. The number of nitrogens with one attached hydrogen (secondary N) is 2. The lowest BCUT2D eigenvalue weighted by atomic mass is 10.1. The number of aromatic nitrogens is 2.